The normalized spacial score (nSPS) is 23.8. The summed E-state index contributed by atoms with van der Waals surface area (Å²) in [5.74, 6) is 0. The predicted octanol–water partition coefficient (Wildman–Crippen LogP) is 1.19. The first-order valence-electron chi connectivity index (χ1n) is 7.31. The van der Waals surface area contributed by atoms with Crippen LogP contribution in [0.25, 0.3) is 0 Å². The summed E-state index contributed by atoms with van der Waals surface area (Å²) in [4.78, 5) is 4.00. The summed E-state index contributed by atoms with van der Waals surface area (Å²) in [6.07, 6.45) is 6.59. The van der Waals surface area contributed by atoms with Gasteiger partial charge in [-0.05, 0) is 25.3 Å². The van der Waals surface area contributed by atoms with Gasteiger partial charge in [-0.3, -0.25) is 5.10 Å². The van der Waals surface area contributed by atoms with Crippen LogP contribution in [0.4, 0.5) is 0 Å². The van der Waals surface area contributed by atoms with Crippen LogP contribution in [0.15, 0.2) is 23.7 Å². The van der Waals surface area contributed by atoms with Gasteiger partial charge in [0, 0.05) is 37.4 Å². The molecular formula is C14H21N5O2S. The van der Waals surface area contributed by atoms with E-state index in [0.29, 0.717) is 13.1 Å². The van der Waals surface area contributed by atoms with Crippen LogP contribution in [-0.4, -0.2) is 45.6 Å². The standard InChI is InChI=1S/C14H21N5O2S/c1-11-7-16-17-13(11)14(2)5-4-6-19(9-14)22(20,21)12-8-18(3)10-15-12/h7-8,10H,4-6,9H2,1-3H3,(H,16,17)/t14-/m1/s1. The molecule has 0 aliphatic carbocycles. The number of sulfonamides is 1. The van der Waals surface area contributed by atoms with E-state index >= 15 is 0 Å². The molecule has 0 aromatic carbocycles. The van der Waals surface area contributed by atoms with Crippen LogP contribution < -0.4 is 0 Å². The fraction of sp³-hybridized carbons (Fsp3) is 0.571. The second-order valence-electron chi connectivity index (χ2n) is 6.31. The summed E-state index contributed by atoms with van der Waals surface area (Å²) in [6, 6.07) is 0. The summed E-state index contributed by atoms with van der Waals surface area (Å²) in [7, 11) is -1.78. The number of rotatable bonds is 3. The zero-order valence-corrected chi connectivity index (χ0v) is 13.9. The molecule has 2 aromatic rings. The van der Waals surface area contributed by atoms with Gasteiger partial charge in [0.2, 0.25) is 0 Å². The smallest absolute Gasteiger partial charge is 0.262 e. The molecule has 2 aromatic heterocycles. The monoisotopic (exact) mass is 323 g/mol. The minimum Gasteiger partial charge on any atom is -0.339 e. The summed E-state index contributed by atoms with van der Waals surface area (Å²) >= 11 is 0. The van der Waals surface area contributed by atoms with Crippen molar-refractivity contribution in [2.45, 2.75) is 37.1 Å². The predicted molar refractivity (Wildman–Crippen MR) is 81.9 cm³/mol. The lowest BCUT2D eigenvalue weighted by Gasteiger charge is -2.39. The molecular weight excluding hydrogens is 302 g/mol. The molecule has 0 spiro atoms. The molecule has 1 aliphatic heterocycles. The second kappa shape index (κ2) is 5.20. The third kappa shape index (κ3) is 2.46. The van der Waals surface area contributed by atoms with Crippen molar-refractivity contribution in [3.8, 4) is 0 Å². The van der Waals surface area contributed by atoms with Gasteiger partial charge in [0.15, 0.2) is 5.03 Å². The molecule has 1 aliphatic rings. The maximum absolute atomic E-state index is 12.8. The molecule has 22 heavy (non-hydrogen) atoms. The third-order valence-corrected chi connectivity index (χ3v) is 6.11. The molecule has 0 bridgehead atoms. The molecule has 1 saturated heterocycles. The van der Waals surface area contributed by atoms with Crippen molar-refractivity contribution in [3.05, 3.63) is 30.0 Å². The van der Waals surface area contributed by atoms with Gasteiger partial charge in [-0.2, -0.15) is 9.40 Å². The van der Waals surface area contributed by atoms with Gasteiger partial charge in [-0.25, -0.2) is 13.4 Å². The number of hydrogen-bond donors (Lipinski definition) is 1. The lowest BCUT2D eigenvalue weighted by Crippen LogP contribution is -2.47. The van der Waals surface area contributed by atoms with Gasteiger partial charge in [-0.15, -0.1) is 0 Å². The molecule has 3 heterocycles. The molecule has 1 N–H and O–H groups in total. The lowest BCUT2D eigenvalue weighted by atomic mass is 9.78. The van der Waals surface area contributed by atoms with E-state index in [-0.39, 0.29) is 10.4 Å². The SMILES string of the molecule is Cc1cn[nH]c1[C@]1(C)CCCN(S(=O)(=O)c2cn(C)cn2)C1. The molecule has 7 nitrogen and oxygen atoms in total. The van der Waals surface area contributed by atoms with Crippen molar-refractivity contribution in [3.63, 3.8) is 0 Å². The fourth-order valence-corrected chi connectivity index (χ4v) is 4.78. The van der Waals surface area contributed by atoms with Gasteiger partial charge in [-0.1, -0.05) is 6.92 Å². The summed E-state index contributed by atoms with van der Waals surface area (Å²) in [5, 5.41) is 7.23. The van der Waals surface area contributed by atoms with Crippen molar-refractivity contribution >= 4 is 10.0 Å². The average molecular weight is 323 g/mol. The van der Waals surface area contributed by atoms with E-state index in [9.17, 15) is 8.42 Å². The Morgan fingerprint density at radius 2 is 2.18 bits per heavy atom. The molecule has 120 valence electrons. The number of piperidine rings is 1. The Hall–Kier alpha value is -1.67. The van der Waals surface area contributed by atoms with Crippen molar-refractivity contribution in [1.82, 2.24) is 24.1 Å². The Balaban J connectivity index is 1.92. The van der Waals surface area contributed by atoms with Crippen LogP contribution in [0.1, 0.15) is 31.0 Å². The Morgan fingerprint density at radius 1 is 1.41 bits per heavy atom. The number of aryl methyl sites for hydroxylation is 2. The number of hydrogen-bond acceptors (Lipinski definition) is 4. The highest BCUT2D eigenvalue weighted by Crippen LogP contribution is 2.35. The zero-order valence-electron chi connectivity index (χ0n) is 13.1. The number of aromatic amines is 1. The summed E-state index contributed by atoms with van der Waals surface area (Å²) < 4.78 is 28.7. The number of nitrogens with zero attached hydrogens (tertiary/aromatic N) is 4. The first-order chi connectivity index (χ1) is 10.3. The molecule has 1 fully saturated rings. The maximum atomic E-state index is 12.8. The van der Waals surface area contributed by atoms with E-state index in [4.69, 9.17) is 0 Å². The summed E-state index contributed by atoms with van der Waals surface area (Å²) in [5.41, 5.74) is 1.84. The van der Waals surface area contributed by atoms with E-state index in [1.807, 2.05) is 6.92 Å². The van der Waals surface area contributed by atoms with Crippen molar-refractivity contribution in [2.75, 3.05) is 13.1 Å². The van der Waals surface area contributed by atoms with Gasteiger partial charge in [0.1, 0.15) is 0 Å². The molecule has 0 saturated carbocycles. The highest BCUT2D eigenvalue weighted by molar-refractivity contribution is 7.89. The van der Waals surface area contributed by atoms with E-state index < -0.39 is 10.0 Å². The Kier molecular flexibility index (Phi) is 3.60. The van der Waals surface area contributed by atoms with Crippen molar-refractivity contribution < 1.29 is 8.42 Å². The van der Waals surface area contributed by atoms with E-state index in [1.165, 1.54) is 6.33 Å². The number of aromatic nitrogens is 4. The highest BCUT2D eigenvalue weighted by atomic mass is 32.2. The van der Waals surface area contributed by atoms with Gasteiger partial charge in [0.25, 0.3) is 10.0 Å². The minimum atomic E-state index is -3.55. The van der Waals surface area contributed by atoms with Crippen molar-refractivity contribution in [1.29, 1.82) is 0 Å². The molecule has 8 heteroatoms. The van der Waals surface area contributed by atoms with Crippen LogP contribution in [0, 0.1) is 6.92 Å². The molecule has 0 amide bonds. The van der Waals surface area contributed by atoms with Crippen LogP contribution in [0.3, 0.4) is 0 Å². The molecule has 0 radical (unpaired) electrons. The van der Waals surface area contributed by atoms with E-state index in [0.717, 1.165) is 24.1 Å². The van der Waals surface area contributed by atoms with E-state index in [1.54, 1.807) is 28.3 Å². The average Bonchev–Trinajstić information content (AvgIpc) is 3.08. The molecule has 0 unspecified atom stereocenters. The second-order valence-corrected chi connectivity index (χ2v) is 8.19. The third-order valence-electron chi connectivity index (χ3n) is 4.38. The maximum Gasteiger partial charge on any atom is 0.262 e. The molecule has 3 rings (SSSR count). The number of H-pyrrole nitrogens is 1. The Morgan fingerprint density at radius 3 is 2.77 bits per heavy atom. The van der Waals surface area contributed by atoms with Crippen LogP contribution in [-0.2, 0) is 22.5 Å². The summed E-state index contributed by atoms with van der Waals surface area (Å²) in [6.45, 7) is 5.06. The number of imidazole rings is 1. The first-order valence-corrected chi connectivity index (χ1v) is 8.75. The highest BCUT2D eigenvalue weighted by Gasteiger charge is 2.40. The largest absolute Gasteiger partial charge is 0.339 e. The first kappa shape index (κ1) is 15.2. The number of nitrogens with one attached hydrogen (secondary N) is 1. The van der Waals surface area contributed by atoms with Crippen LogP contribution in [0.5, 0.6) is 0 Å². The van der Waals surface area contributed by atoms with E-state index in [2.05, 4.69) is 22.1 Å². The van der Waals surface area contributed by atoms with Crippen LogP contribution in [0.2, 0.25) is 0 Å². The minimum absolute atomic E-state index is 0.112. The van der Waals surface area contributed by atoms with Gasteiger partial charge in [0.05, 0.1) is 12.5 Å². The topological polar surface area (TPSA) is 83.9 Å². The fourth-order valence-electron chi connectivity index (χ4n) is 3.21. The Labute approximate surface area is 130 Å². The Bertz CT molecular complexity index is 779. The van der Waals surface area contributed by atoms with Gasteiger partial charge >= 0.3 is 0 Å². The van der Waals surface area contributed by atoms with Gasteiger partial charge < -0.3 is 4.57 Å². The zero-order chi connectivity index (χ0) is 16.0. The molecule has 1 atom stereocenters. The van der Waals surface area contributed by atoms with Crippen LogP contribution >= 0.6 is 0 Å². The lowest BCUT2D eigenvalue weighted by molar-refractivity contribution is 0.235. The quantitative estimate of drug-likeness (QED) is 0.920. The van der Waals surface area contributed by atoms with Crippen molar-refractivity contribution in [2.24, 2.45) is 7.05 Å².